The van der Waals surface area contributed by atoms with Gasteiger partial charge in [-0.3, -0.25) is 18.7 Å². The number of rotatable bonds is 8. The fourth-order valence-corrected chi connectivity index (χ4v) is 3.38. The lowest BCUT2D eigenvalue weighted by molar-refractivity contribution is -0.121. The lowest BCUT2D eigenvalue weighted by Crippen LogP contribution is -2.42. The van der Waals surface area contributed by atoms with E-state index in [0.29, 0.717) is 35.4 Å². The highest BCUT2D eigenvalue weighted by Gasteiger charge is 2.14. The van der Waals surface area contributed by atoms with E-state index in [1.165, 1.54) is 4.57 Å². The van der Waals surface area contributed by atoms with Gasteiger partial charge in [0.05, 0.1) is 25.1 Å². The smallest absolute Gasteiger partial charge is 0.331 e. The van der Waals surface area contributed by atoms with Crippen molar-refractivity contribution in [1.29, 1.82) is 0 Å². The molecule has 0 spiro atoms. The number of fused-ring (bicyclic) bond motifs is 1. The molecule has 0 unspecified atom stereocenters. The van der Waals surface area contributed by atoms with Crippen molar-refractivity contribution in [2.24, 2.45) is 0 Å². The molecule has 0 bridgehead atoms. The highest BCUT2D eigenvalue weighted by molar-refractivity contribution is 5.81. The summed E-state index contributed by atoms with van der Waals surface area (Å²) < 4.78 is 13.0. The van der Waals surface area contributed by atoms with Crippen LogP contribution >= 0.6 is 0 Å². The number of ether oxygens (including phenoxy) is 2. The van der Waals surface area contributed by atoms with E-state index in [1.54, 1.807) is 45.4 Å². The van der Waals surface area contributed by atoms with Crippen molar-refractivity contribution in [3.05, 3.63) is 68.9 Å². The molecular weight excluding hydrogens is 386 g/mol. The van der Waals surface area contributed by atoms with E-state index >= 15 is 0 Å². The van der Waals surface area contributed by atoms with Gasteiger partial charge >= 0.3 is 5.69 Å². The maximum atomic E-state index is 12.7. The van der Waals surface area contributed by atoms with Gasteiger partial charge in [-0.25, -0.2) is 4.79 Å². The van der Waals surface area contributed by atoms with Crippen molar-refractivity contribution in [2.45, 2.75) is 26.4 Å². The number of nitrogens with zero attached hydrogens (tertiary/aromatic N) is 2. The van der Waals surface area contributed by atoms with Gasteiger partial charge in [0.15, 0.2) is 11.5 Å². The lowest BCUT2D eigenvalue weighted by Gasteiger charge is -2.13. The Bertz CT molecular complexity index is 1180. The molecule has 0 saturated carbocycles. The number of carbonyl (C=O) groups is 1. The molecule has 0 aliphatic rings. The molecular formula is C22H25N3O5. The number of amides is 1. The predicted molar refractivity (Wildman–Crippen MR) is 114 cm³/mol. The van der Waals surface area contributed by atoms with Crippen molar-refractivity contribution in [3.8, 4) is 11.5 Å². The summed E-state index contributed by atoms with van der Waals surface area (Å²) >= 11 is 0. The van der Waals surface area contributed by atoms with E-state index in [0.717, 1.165) is 10.1 Å². The normalized spacial score (nSPS) is 10.8. The summed E-state index contributed by atoms with van der Waals surface area (Å²) in [6.07, 6.45) is 0.593. The molecule has 0 saturated heterocycles. The van der Waals surface area contributed by atoms with Crippen molar-refractivity contribution in [2.75, 3.05) is 20.8 Å². The zero-order valence-electron chi connectivity index (χ0n) is 17.3. The number of benzene rings is 2. The summed E-state index contributed by atoms with van der Waals surface area (Å²) in [4.78, 5) is 37.7. The minimum atomic E-state index is -0.490. The van der Waals surface area contributed by atoms with Gasteiger partial charge in [0.1, 0.15) is 6.54 Å². The monoisotopic (exact) mass is 411 g/mol. The van der Waals surface area contributed by atoms with Gasteiger partial charge in [0.25, 0.3) is 5.56 Å². The third-order valence-electron chi connectivity index (χ3n) is 4.93. The summed E-state index contributed by atoms with van der Waals surface area (Å²) in [5.74, 6) is 0.966. The van der Waals surface area contributed by atoms with Crippen LogP contribution in [0.25, 0.3) is 10.9 Å². The van der Waals surface area contributed by atoms with Crippen LogP contribution in [0.5, 0.6) is 11.5 Å². The van der Waals surface area contributed by atoms with Crippen molar-refractivity contribution >= 4 is 16.8 Å². The van der Waals surface area contributed by atoms with Gasteiger partial charge in [-0.2, -0.15) is 0 Å². The number of aromatic nitrogens is 2. The number of carbonyl (C=O) groups excluding carboxylic acids is 1. The highest BCUT2D eigenvalue weighted by atomic mass is 16.5. The first kappa shape index (κ1) is 21.2. The molecule has 158 valence electrons. The molecule has 1 amide bonds. The van der Waals surface area contributed by atoms with Crippen LogP contribution in [0.4, 0.5) is 0 Å². The van der Waals surface area contributed by atoms with Crippen molar-refractivity contribution in [1.82, 2.24) is 14.5 Å². The summed E-state index contributed by atoms with van der Waals surface area (Å²) in [5.41, 5.74) is 0.599. The maximum Gasteiger partial charge on any atom is 0.331 e. The predicted octanol–water partition coefficient (Wildman–Crippen LogP) is 1.56. The van der Waals surface area contributed by atoms with Crippen LogP contribution in [0, 0.1) is 0 Å². The van der Waals surface area contributed by atoms with Crippen LogP contribution in [-0.2, 0) is 24.3 Å². The minimum absolute atomic E-state index is 0.161. The Hall–Kier alpha value is -3.55. The molecule has 30 heavy (non-hydrogen) atoms. The van der Waals surface area contributed by atoms with E-state index in [9.17, 15) is 14.4 Å². The summed E-state index contributed by atoms with van der Waals surface area (Å²) in [6, 6.07) is 12.4. The van der Waals surface area contributed by atoms with Gasteiger partial charge in [-0.1, -0.05) is 18.2 Å². The fraction of sp³-hybridized carbons (Fsp3) is 0.318. The van der Waals surface area contributed by atoms with Crippen LogP contribution in [0.2, 0.25) is 0 Å². The summed E-state index contributed by atoms with van der Waals surface area (Å²) in [7, 11) is 3.15. The average molecular weight is 411 g/mol. The zero-order chi connectivity index (χ0) is 21.7. The van der Waals surface area contributed by atoms with Gasteiger partial charge in [-0.15, -0.1) is 0 Å². The van der Waals surface area contributed by atoms with Gasteiger partial charge in [-0.05, 0) is 43.2 Å². The summed E-state index contributed by atoms with van der Waals surface area (Å²) in [6.45, 7) is 2.20. The van der Waals surface area contributed by atoms with Crippen molar-refractivity contribution < 1.29 is 14.3 Å². The molecule has 0 aliphatic carbocycles. The molecule has 0 fully saturated rings. The van der Waals surface area contributed by atoms with Crippen LogP contribution in [0.15, 0.2) is 52.1 Å². The van der Waals surface area contributed by atoms with E-state index in [1.807, 2.05) is 18.2 Å². The Morgan fingerprint density at radius 3 is 2.43 bits per heavy atom. The minimum Gasteiger partial charge on any atom is -0.493 e. The second-order valence-corrected chi connectivity index (χ2v) is 6.72. The standard InChI is InChI=1S/C22H25N3O5/c1-4-24-21(27)16-7-5-6-8-17(16)25(22(24)28)14-20(26)23-12-11-15-9-10-18(29-2)19(13-15)30-3/h5-10,13H,4,11-12,14H2,1-3H3,(H,23,26). The van der Waals surface area contributed by atoms with Gasteiger partial charge < -0.3 is 14.8 Å². The average Bonchev–Trinajstić information content (AvgIpc) is 2.77. The van der Waals surface area contributed by atoms with Crippen LogP contribution < -0.4 is 26.0 Å². The van der Waals surface area contributed by atoms with Crippen LogP contribution in [0.3, 0.4) is 0 Å². The SMILES string of the molecule is CCn1c(=O)c2ccccc2n(CC(=O)NCCc2ccc(OC)c(OC)c2)c1=O. The molecule has 3 rings (SSSR count). The van der Waals surface area contributed by atoms with Crippen LogP contribution in [0.1, 0.15) is 12.5 Å². The maximum absolute atomic E-state index is 12.7. The van der Waals surface area contributed by atoms with Gasteiger partial charge in [0, 0.05) is 13.1 Å². The molecule has 0 radical (unpaired) electrons. The quantitative estimate of drug-likeness (QED) is 0.607. The topological polar surface area (TPSA) is 91.6 Å². The van der Waals surface area contributed by atoms with Crippen molar-refractivity contribution in [3.63, 3.8) is 0 Å². The third kappa shape index (κ3) is 4.22. The Balaban J connectivity index is 1.74. The summed E-state index contributed by atoms with van der Waals surface area (Å²) in [5, 5.41) is 3.25. The molecule has 0 aliphatic heterocycles. The number of nitrogens with one attached hydrogen (secondary N) is 1. The molecule has 1 N–H and O–H groups in total. The second kappa shape index (κ2) is 9.30. The van der Waals surface area contributed by atoms with E-state index < -0.39 is 5.69 Å². The number of hydrogen-bond donors (Lipinski definition) is 1. The first-order valence-electron chi connectivity index (χ1n) is 9.70. The Morgan fingerprint density at radius 1 is 1.00 bits per heavy atom. The molecule has 8 heteroatoms. The molecule has 1 heterocycles. The van der Waals surface area contributed by atoms with E-state index in [4.69, 9.17) is 9.47 Å². The molecule has 8 nitrogen and oxygen atoms in total. The first-order chi connectivity index (χ1) is 14.5. The largest absolute Gasteiger partial charge is 0.493 e. The van der Waals surface area contributed by atoms with E-state index in [2.05, 4.69) is 5.32 Å². The number of hydrogen-bond acceptors (Lipinski definition) is 5. The van der Waals surface area contributed by atoms with Gasteiger partial charge in [0.2, 0.25) is 5.91 Å². The molecule has 0 atom stereocenters. The van der Waals surface area contributed by atoms with E-state index in [-0.39, 0.29) is 24.6 Å². The zero-order valence-corrected chi connectivity index (χ0v) is 17.3. The highest BCUT2D eigenvalue weighted by Crippen LogP contribution is 2.27. The molecule has 3 aromatic rings. The molecule has 1 aromatic heterocycles. The number of methoxy groups -OCH3 is 2. The fourth-order valence-electron chi connectivity index (χ4n) is 3.38. The third-order valence-corrected chi connectivity index (χ3v) is 4.93. The Kier molecular flexibility index (Phi) is 6.56. The first-order valence-corrected chi connectivity index (χ1v) is 9.70. The number of para-hydroxylation sites is 1. The lowest BCUT2D eigenvalue weighted by atomic mass is 10.1. The molecule has 2 aromatic carbocycles. The van der Waals surface area contributed by atoms with Crippen LogP contribution in [-0.4, -0.2) is 35.8 Å². The Morgan fingerprint density at radius 2 is 1.73 bits per heavy atom. The Labute approximate surface area is 173 Å². The second-order valence-electron chi connectivity index (χ2n) is 6.72.